The number of hydrogen-bond acceptors (Lipinski definition) is 35. The molecule has 676 valence electrons. The number of fused-ring (bicyclic) bond motifs is 6. The number of rotatable bonds is 73. The molecule has 2 aliphatic rings. The molecule has 1 atom stereocenters. The van der Waals surface area contributed by atoms with E-state index in [2.05, 4.69) is 36.2 Å². The zero-order valence-electron chi connectivity index (χ0n) is 70.2. The van der Waals surface area contributed by atoms with Crippen LogP contribution in [0.2, 0.25) is 0 Å². The number of hydrogen-bond donors (Lipinski definition) is 6. The number of pyridine rings is 2. The number of para-hydroxylation sites is 1. The summed E-state index contributed by atoms with van der Waals surface area (Å²) in [5.41, 5.74) is 2.17. The van der Waals surface area contributed by atoms with E-state index in [0.29, 0.717) is 305 Å². The Bertz CT molecular complexity index is 4280. The van der Waals surface area contributed by atoms with E-state index in [4.69, 9.17) is 104 Å². The summed E-state index contributed by atoms with van der Waals surface area (Å²) in [7, 11) is 0. The maximum atomic E-state index is 13.8. The number of amides is 1. The number of nitrogens with one attached hydrogen (secondary N) is 4. The van der Waals surface area contributed by atoms with Crippen LogP contribution in [0.1, 0.15) is 55.7 Å². The standard InChI is InChI=1S/C86H119N9O28/c1-2-86(73-61-76-80-66(59-65-9-3-6-15-74(65)90-80)63-95(76)81(101)72(73)64-122-82(86)102)123-79(100)62-88-78(99)19-16-68(96)12-8-21-103-23-25-105-27-29-107-31-33-109-35-37-111-39-41-113-43-45-115-47-49-117-51-53-119-55-57-121-58-56-120-54-52-118-50-48-116-46-44-114-42-40-112-38-36-110-34-32-108-30-28-106-26-24-104-22-20-87-83-92-84(89-67-10-7-11-69(97)60-67)94-85(93-83)91-75-17-18-77(98)71-14-5-4-13-70(71)75/h3-7,9-11,13-15,17-18,59-61,97-98H,2,8,12,16,19-58,62-64H2,1H3,(H,88,99)(H3,87,89,91,92,93,94)/t86-/m0/s1. The highest BCUT2D eigenvalue weighted by molar-refractivity contribution is 5.99. The lowest BCUT2D eigenvalue weighted by Gasteiger charge is -2.35. The van der Waals surface area contributed by atoms with Crippen LogP contribution in [0.3, 0.4) is 0 Å². The number of aromatic hydroxyl groups is 2. The molecule has 0 radical (unpaired) electrons. The summed E-state index contributed by atoms with van der Waals surface area (Å²) in [5.74, 6) is -1.31. The molecule has 123 heavy (non-hydrogen) atoms. The van der Waals surface area contributed by atoms with E-state index in [1.165, 1.54) is 0 Å². The molecule has 37 nitrogen and oxygen atoms in total. The number of carbonyl (C=O) groups is 4. The van der Waals surface area contributed by atoms with Crippen molar-refractivity contribution in [3.8, 4) is 22.9 Å². The number of ketones is 1. The fourth-order valence-electron chi connectivity index (χ4n) is 12.4. The molecule has 3 aromatic heterocycles. The number of phenols is 2. The highest BCUT2D eigenvalue weighted by Gasteiger charge is 2.50. The molecule has 0 bridgehead atoms. The van der Waals surface area contributed by atoms with Crippen molar-refractivity contribution in [2.45, 2.75) is 57.8 Å². The molecule has 37 heteroatoms. The maximum absolute atomic E-state index is 13.8. The first kappa shape index (κ1) is 97.6. The minimum absolute atomic E-state index is 0.0256. The Morgan fingerprint density at radius 2 is 0.902 bits per heavy atom. The van der Waals surface area contributed by atoms with Gasteiger partial charge < -0.3 is 136 Å². The van der Waals surface area contributed by atoms with Gasteiger partial charge in [-0.05, 0) is 55.3 Å². The molecule has 0 aliphatic carbocycles. The third-order valence-electron chi connectivity index (χ3n) is 18.6. The van der Waals surface area contributed by atoms with Crippen LogP contribution in [0, 0.1) is 0 Å². The normalized spacial score (nSPS) is 13.5. The van der Waals surface area contributed by atoms with E-state index in [0.717, 1.165) is 21.9 Å². The summed E-state index contributed by atoms with van der Waals surface area (Å²) in [6.45, 7) is 17.9. The second-order valence-corrected chi connectivity index (χ2v) is 27.5. The quantitative estimate of drug-likeness (QED) is 0.0134. The van der Waals surface area contributed by atoms with Gasteiger partial charge in [-0.3, -0.25) is 19.2 Å². The lowest BCUT2D eigenvalue weighted by Crippen LogP contribution is -2.48. The third-order valence-corrected chi connectivity index (χ3v) is 18.6. The van der Waals surface area contributed by atoms with Crippen LogP contribution in [0.5, 0.6) is 11.5 Å². The van der Waals surface area contributed by atoms with E-state index < -0.39 is 30.0 Å². The average Bonchev–Trinajstić information content (AvgIpc) is 1.65. The number of Topliss-reactive ketones (excluding diaryl/α,β-unsaturated/α-hetero) is 1. The number of esters is 2. The topological polar surface area (TPSA) is 424 Å². The second-order valence-electron chi connectivity index (χ2n) is 27.5. The van der Waals surface area contributed by atoms with Crippen LogP contribution in [0.15, 0.2) is 102 Å². The Kier molecular flexibility index (Phi) is 46.7. The molecule has 0 spiro atoms. The minimum Gasteiger partial charge on any atom is -0.508 e. The number of phenolic OH excluding ortho intramolecular Hbond substituents is 2. The zero-order valence-corrected chi connectivity index (χ0v) is 70.2. The molecular formula is C86H119N9O28. The number of benzene rings is 4. The second kappa shape index (κ2) is 58.9. The predicted molar refractivity (Wildman–Crippen MR) is 449 cm³/mol. The van der Waals surface area contributed by atoms with Crippen molar-refractivity contribution in [3.05, 3.63) is 124 Å². The van der Waals surface area contributed by atoms with Crippen LogP contribution in [-0.2, 0) is 137 Å². The first-order valence-corrected chi connectivity index (χ1v) is 41.8. The Morgan fingerprint density at radius 3 is 1.39 bits per heavy atom. The van der Waals surface area contributed by atoms with Gasteiger partial charge in [0.15, 0.2) is 0 Å². The lowest BCUT2D eigenvalue weighted by molar-refractivity contribution is -0.189. The van der Waals surface area contributed by atoms with Gasteiger partial charge in [0.05, 0.1) is 273 Å². The molecule has 9 rings (SSSR count). The van der Waals surface area contributed by atoms with Crippen molar-refractivity contribution in [3.63, 3.8) is 0 Å². The van der Waals surface area contributed by atoms with Gasteiger partial charge in [0.2, 0.25) is 29.4 Å². The summed E-state index contributed by atoms with van der Waals surface area (Å²) in [4.78, 5) is 84.0. The van der Waals surface area contributed by atoms with Gasteiger partial charge in [-0.1, -0.05) is 55.5 Å². The fourth-order valence-corrected chi connectivity index (χ4v) is 12.4. The molecule has 2 aliphatic heterocycles. The molecule has 4 aromatic carbocycles. The van der Waals surface area contributed by atoms with E-state index in [-0.39, 0.29) is 78.2 Å². The summed E-state index contributed by atoms with van der Waals surface area (Å²) < 4.78 is 119. The van der Waals surface area contributed by atoms with E-state index in [9.17, 15) is 34.2 Å². The summed E-state index contributed by atoms with van der Waals surface area (Å²) in [6.07, 6.45) is 0.492. The van der Waals surface area contributed by atoms with Gasteiger partial charge >= 0.3 is 11.9 Å². The van der Waals surface area contributed by atoms with Gasteiger partial charge in [0.1, 0.15) is 30.4 Å². The monoisotopic (exact) mass is 1730 g/mol. The van der Waals surface area contributed by atoms with E-state index in [1.54, 1.807) is 54.0 Å². The van der Waals surface area contributed by atoms with Crippen molar-refractivity contribution >= 4 is 74.5 Å². The summed E-state index contributed by atoms with van der Waals surface area (Å²) in [6, 6.07) is 28.7. The SMILES string of the molecule is CC[C@@]1(OC(=O)CNC(=O)CCC(=O)CCCOCCOCCOCCOCCOCCOCCOCCOCCOCCOCCOCCOCCOCCOCCOCCOCCOCCOCCOCCNc2nc(Nc3cccc(O)c3)nc(Nc3ccc(O)c4ccccc34)n2)C(=O)OCc2c1cc1n(c2=O)Cc2cc3ccccc3nc2-1. The number of carbonyl (C=O) groups excluding carboxylic acids is 4. The molecule has 0 saturated heterocycles. The maximum Gasteiger partial charge on any atom is 0.355 e. The molecule has 7 aromatic rings. The third kappa shape index (κ3) is 36.5. The molecule has 5 heterocycles. The van der Waals surface area contributed by atoms with Gasteiger partial charge in [-0.25, -0.2) is 9.78 Å². The Hall–Kier alpha value is -9.17. The number of ether oxygens (including phenoxy) is 21. The predicted octanol–water partition coefficient (Wildman–Crippen LogP) is 6.54. The zero-order chi connectivity index (χ0) is 86.3. The fraction of sp³-hybridized carbons (Fsp3) is 0.570. The first-order valence-electron chi connectivity index (χ1n) is 41.8. The highest BCUT2D eigenvalue weighted by Crippen LogP contribution is 2.41. The molecule has 0 saturated carbocycles. The van der Waals surface area contributed by atoms with Crippen LogP contribution in [0.25, 0.3) is 33.1 Å². The van der Waals surface area contributed by atoms with Crippen molar-refractivity contribution in [1.29, 1.82) is 0 Å². The van der Waals surface area contributed by atoms with Gasteiger partial charge in [0, 0.05) is 77.1 Å². The smallest absolute Gasteiger partial charge is 0.355 e. The number of anilines is 5. The van der Waals surface area contributed by atoms with E-state index >= 15 is 0 Å². The Balaban J connectivity index is 0.421. The number of nitrogens with zero attached hydrogens (tertiary/aromatic N) is 5. The number of aromatic nitrogens is 5. The van der Waals surface area contributed by atoms with Crippen molar-refractivity contribution in [1.82, 2.24) is 29.8 Å². The van der Waals surface area contributed by atoms with Gasteiger partial charge in [-0.15, -0.1) is 0 Å². The van der Waals surface area contributed by atoms with Crippen molar-refractivity contribution in [2.24, 2.45) is 0 Å². The highest BCUT2D eigenvalue weighted by atomic mass is 16.6. The van der Waals surface area contributed by atoms with Crippen LogP contribution < -0.4 is 26.8 Å². The minimum atomic E-state index is -1.91. The van der Waals surface area contributed by atoms with Crippen LogP contribution in [0.4, 0.5) is 29.2 Å². The largest absolute Gasteiger partial charge is 0.508 e. The summed E-state index contributed by atoms with van der Waals surface area (Å²) in [5, 5.41) is 34.7. The molecule has 0 fully saturated rings. The average molecular weight is 1730 g/mol. The molecule has 6 N–H and O–H groups in total. The van der Waals surface area contributed by atoms with Crippen LogP contribution >= 0.6 is 0 Å². The van der Waals surface area contributed by atoms with E-state index in [1.807, 2.05) is 54.6 Å². The first-order chi connectivity index (χ1) is 60.5. The number of cyclic esters (lactones) is 1. The molecular weight excluding hydrogens is 1610 g/mol. The van der Waals surface area contributed by atoms with Crippen LogP contribution in [-0.4, -0.2) is 322 Å². The summed E-state index contributed by atoms with van der Waals surface area (Å²) >= 11 is 0. The van der Waals surface area contributed by atoms with Crippen molar-refractivity contribution in [2.75, 3.05) is 280 Å². The molecule has 0 unspecified atom stereocenters. The van der Waals surface area contributed by atoms with Gasteiger partial charge in [-0.2, -0.15) is 15.0 Å². The Labute approximate surface area is 715 Å². The van der Waals surface area contributed by atoms with Crippen molar-refractivity contribution < 1.29 is 129 Å². The van der Waals surface area contributed by atoms with Gasteiger partial charge in [0.25, 0.3) is 5.56 Å². The lowest BCUT2D eigenvalue weighted by atomic mass is 9.85. The molecule has 1 amide bonds. The Morgan fingerprint density at radius 1 is 0.455 bits per heavy atom.